The van der Waals surface area contributed by atoms with E-state index < -0.39 is 0 Å². The summed E-state index contributed by atoms with van der Waals surface area (Å²) in [5.41, 5.74) is 1.13. The van der Waals surface area contributed by atoms with Gasteiger partial charge in [-0.3, -0.25) is 4.79 Å². The van der Waals surface area contributed by atoms with Crippen molar-refractivity contribution in [3.05, 3.63) is 35.2 Å². The molecule has 0 spiro atoms. The Bertz CT molecular complexity index is 639. The summed E-state index contributed by atoms with van der Waals surface area (Å²) in [5.74, 6) is -0.214. The third-order valence-corrected chi connectivity index (χ3v) is 4.33. The highest BCUT2D eigenvalue weighted by molar-refractivity contribution is 7.17. The minimum absolute atomic E-state index is 0.187. The molecule has 0 atom stereocenters. The lowest BCUT2D eigenvalue weighted by Crippen LogP contribution is -2.35. The number of amides is 2. The molecule has 0 unspecified atom stereocenters. The average molecular weight is 320 g/mol. The standard InChI is InChI=1S/C16H20N2O3S/c1-21-15(19)8-4-5-9-17-16(20)18-10-12-11-22-14-7-3-2-6-13(12)14/h2-3,6-7,11H,4-5,8-10H2,1H3,(H2,17,18,20). The van der Waals surface area contributed by atoms with Gasteiger partial charge in [0.05, 0.1) is 7.11 Å². The van der Waals surface area contributed by atoms with Crippen LogP contribution in [0.5, 0.6) is 0 Å². The summed E-state index contributed by atoms with van der Waals surface area (Å²) in [6, 6.07) is 7.96. The molecule has 0 bridgehead atoms. The molecule has 2 aromatic rings. The number of hydrogen-bond donors (Lipinski definition) is 2. The number of esters is 1. The zero-order chi connectivity index (χ0) is 15.8. The first-order valence-electron chi connectivity index (χ1n) is 7.24. The zero-order valence-corrected chi connectivity index (χ0v) is 13.4. The maximum absolute atomic E-state index is 11.7. The summed E-state index contributed by atoms with van der Waals surface area (Å²) in [6.45, 7) is 1.06. The molecule has 0 aliphatic heterocycles. The van der Waals surface area contributed by atoms with Gasteiger partial charge in [0, 0.05) is 24.2 Å². The van der Waals surface area contributed by atoms with Gasteiger partial charge in [0.15, 0.2) is 0 Å². The van der Waals surface area contributed by atoms with Gasteiger partial charge in [0.1, 0.15) is 0 Å². The van der Waals surface area contributed by atoms with Crippen LogP contribution in [-0.2, 0) is 16.1 Å². The van der Waals surface area contributed by atoms with E-state index in [-0.39, 0.29) is 12.0 Å². The summed E-state index contributed by atoms with van der Waals surface area (Å²) in [4.78, 5) is 22.6. The molecule has 0 saturated heterocycles. The summed E-state index contributed by atoms with van der Waals surface area (Å²) in [6.07, 6.45) is 1.85. The van der Waals surface area contributed by atoms with E-state index >= 15 is 0 Å². The van der Waals surface area contributed by atoms with Crippen LogP contribution in [0.4, 0.5) is 4.79 Å². The molecule has 1 aromatic carbocycles. The summed E-state index contributed by atoms with van der Waals surface area (Å²) >= 11 is 1.68. The number of benzene rings is 1. The molecule has 0 fully saturated rings. The second-order valence-electron chi connectivity index (χ2n) is 4.90. The smallest absolute Gasteiger partial charge is 0.315 e. The van der Waals surface area contributed by atoms with Crippen LogP contribution in [0.2, 0.25) is 0 Å². The lowest BCUT2D eigenvalue weighted by atomic mass is 10.2. The molecular formula is C16H20N2O3S. The highest BCUT2D eigenvalue weighted by Crippen LogP contribution is 2.25. The number of carbonyl (C=O) groups excluding carboxylic acids is 2. The van der Waals surface area contributed by atoms with Gasteiger partial charge < -0.3 is 15.4 Å². The Morgan fingerprint density at radius 3 is 2.82 bits per heavy atom. The Morgan fingerprint density at radius 1 is 1.18 bits per heavy atom. The number of carbonyl (C=O) groups is 2. The van der Waals surface area contributed by atoms with Crippen molar-refractivity contribution in [2.75, 3.05) is 13.7 Å². The summed E-state index contributed by atoms with van der Waals surface area (Å²) in [7, 11) is 1.38. The van der Waals surface area contributed by atoms with Crippen LogP contribution in [0.3, 0.4) is 0 Å². The SMILES string of the molecule is COC(=O)CCCCNC(=O)NCc1csc2ccccc12. The van der Waals surface area contributed by atoms with Gasteiger partial charge >= 0.3 is 12.0 Å². The predicted octanol–water partition coefficient (Wildman–Crippen LogP) is 3.04. The lowest BCUT2D eigenvalue weighted by molar-refractivity contribution is -0.140. The van der Waals surface area contributed by atoms with Gasteiger partial charge in [-0.05, 0) is 35.2 Å². The van der Waals surface area contributed by atoms with Crippen LogP contribution in [0.15, 0.2) is 29.6 Å². The van der Waals surface area contributed by atoms with Crippen molar-refractivity contribution in [1.82, 2.24) is 10.6 Å². The maximum Gasteiger partial charge on any atom is 0.315 e. The largest absolute Gasteiger partial charge is 0.469 e. The number of unbranched alkanes of at least 4 members (excludes halogenated alkanes) is 1. The van der Waals surface area contributed by atoms with Gasteiger partial charge in [-0.25, -0.2) is 4.79 Å². The number of nitrogens with one attached hydrogen (secondary N) is 2. The Balaban J connectivity index is 1.66. The normalized spacial score (nSPS) is 10.4. The highest BCUT2D eigenvalue weighted by atomic mass is 32.1. The molecule has 6 heteroatoms. The first-order chi connectivity index (χ1) is 10.7. The van der Waals surface area contributed by atoms with Gasteiger partial charge in [0.2, 0.25) is 0 Å². The number of fused-ring (bicyclic) bond motifs is 1. The van der Waals surface area contributed by atoms with Crippen LogP contribution < -0.4 is 10.6 Å². The van der Waals surface area contributed by atoms with Crippen LogP contribution in [-0.4, -0.2) is 25.7 Å². The molecule has 5 nitrogen and oxygen atoms in total. The first kappa shape index (κ1) is 16.3. The second-order valence-corrected chi connectivity index (χ2v) is 5.81. The van der Waals surface area contributed by atoms with E-state index in [1.54, 1.807) is 11.3 Å². The third-order valence-electron chi connectivity index (χ3n) is 3.32. The maximum atomic E-state index is 11.7. The van der Waals surface area contributed by atoms with Crippen molar-refractivity contribution < 1.29 is 14.3 Å². The third kappa shape index (κ3) is 4.73. The quantitative estimate of drug-likeness (QED) is 0.608. The molecule has 0 saturated carbocycles. The number of hydrogen-bond acceptors (Lipinski definition) is 4. The van der Waals surface area contributed by atoms with Gasteiger partial charge in [0.25, 0.3) is 0 Å². The van der Waals surface area contributed by atoms with Crippen LogP contribution in [0, 0.1) is 0 Å². The van der Waals surface area contributed by atoms with Gasteiger partial charge in [-0.2, -0.15) is 0 Å². The van der Waals surface area contributed by atoms with E-state index in [0.717, 1.165) is 12.0 Å². The molecule has 2 rings (SSSR count). The molecule has 2 amide bonds. The van der Waals surface area contributed by atoms with Crippen molar-refractivity contribution in [3.8, 4) is 0 Å². The molecule has 1 heterocycles. The molecule has 0 aliphatic rings. The Hall–Kier alpha value is -2.08. The number of methoxy groups -OCH3 is 1. The summed E-state index contributed by atoms with van der Waals surface area (Å²) in [5, 5.41) is 8.90. The molecule has 0 aliphatic carbocycles. The van der Waals surface area contributed by atoms with E-state index in [0.29, 0.717) is 25.9 Å². The van der Waals surface area contributed by atoms with Crippen LogP contribution in [0.25, 0.3) is 10.1 Å². The average Bonchev–Trinajstić information content (AvgIpc) is 2.95. The fraction of sp³-hybridized carbons (Fsp3) is 0.375. The number of ether oxygens (including phenoxy) is 1. The highest BCUT2D eigenvalue weighted by Gasteiger charge is 2.05. The second kappa shape index (κ2) is 8.38. The minimum Gasteiger partial charge on any atom is -0.469 e. The number of urea groups is 1. The van der Waals surface area contributed by atoms with E-state index in [4.69, 9.17) is 0 Å². The zero-order valence-electron chi connectivity index (χ0n) is 12.6. The Labute approximate surface area is 133 Å². The fourth-order valence-corrected chi connectivity index (χ4v) is 3.07. The van der Waals surface area contributed by atoms with Crippen molar-refractivity contribution >= 4 is 33.4 Å². The van der Waals surface area contributed by atoms with Crippen molar-refractivity contribution in [2.45, 2.75) is 25.8 Å². The van der Waals surface area contributed by atoms with E-state index in [1.165, 1.54) is 17.2 Å². The topological polar surface area (TPSA) is 67.4 Å². The van der Waals surface area contributed by atoms with E-state index in [9.17, 15) is 9.59 Å². The lowest BCUT2D eigenvalue weighted by Gasteiger charge is -2.07. The van der Waals surface area contributed by atoms with Crippen molar-refractivity contribution in [3.63, 3.8) is 0 Å². The predicted molar refractivity (Wildman–Crippen MR) is 87.9 cm³/mol. The molecule has 1 aromatic heterocycles. The molecule has 2 N–H and O–H groups in total. The Kier molecular flexibility index (Phi) is 6.21. The number of thiophene rings is 1. The van der Waals surface area contributed by atoms with Gasteiger partial charge in [-0.15, -0.1) is 11.3 Å². The summed E-state index contributed by atoms with van der Waals surface area (Å²) < 4.78 is 5.78. The molecule has 22 heavy (non-hydrogen) atoms. The first-order valence-corrected chi connectivity index (χ1v) is 8.12. The molecule has 118 valence electrons. The fourth-order valence-electron chi connectivity index (χ4n) is 2.11. The van der Waals surface area contributed by atoms with E-state index in [2.05, 4.69) is 32.9 Å². The van der Waals surface area contributed by atoms with Gasteiger partial charge in [-0.1, -0.05) is 18.2 Å². The van der Waals surface area contributed by atoms with Crippen molar-refractivity contribution in [1.29, 1.82) is 0 Å². The van der Waals surface area contributed by atoms with Crippen LogP contribution >= 0.6 is 11.3 Å². The van der Waals surface area contributed by atoms with E-state index in [1.807, 2.05) is 12.1 Å². The molecular weight excluding hydrogens is 300 g/mol. The minimum atomic E-state index is -0.214. The monoisotopic (exact) mass is 320 g/mol. The Morgan fingerprint density at radius 2 is 2.00 bits per heavy atom. The molecule has 0 radical (unpaired) electrons. The van der Waals surface area contributed by atoms with Crippen molar-refractivity contribution in [2.24, 2.45) is 0 Å². The number of rotatable bonds is 7. The van der Waals surface area contributed by atoms with Crippen LogP contribution in [0.1, 0.15) is 24.8 Å².